The Balaban J connectivity index is 1.72. The van der Waals surface area contributed by atoms with E-state index in [1.165, 1.54) is 29.3 Å². The summed E-state index contributed by atoms with van der Waals surface area (Å²) in [6, 6.07) is 5.93. The number of benzene rings is 1. The zero-order chi connectivity index (χ0) is 21.5. The molecule has 3 aromatic heterocycles. The number of alkyl halides is 5. The summed E-state index contributed by atoms with van der Waals surface area (Å²) in [6.45, 7) is -0.00272. The van der Waals surface area contributed by atoms with Crippen molar-refractivity contribution < 1.29 is 26.3 Å². The van der Waals surface area contributed by atoms with E-state index in [1.54, 1.807) is 6.07 Å². The zero-order valence-electron chi connectivity index (χ0n) is 15.0. The van der Waals surface area contributed by atoms with Gasteiger partial charge in [0.1, 0.15) is 11.3 Å². The number of fused-ring (bicyclic) bond motifs is 1. The second-order valence-electron chi connectivity index (χ2n) is 6.55. The smallest absolute Gasteiger partial charge is 0.264 e. The lowest BCUT2D eigenvalue weighted by Gasteiger charge is -2.09. The van der Waals surface area contributed by atoms with E-state index in [2.05, 4.69) is 15.1 Å². The largest absolute Gasteiger partial charge is 0.417 e. The summed E-state index contributed by atoms with van der Waals surface area (Å²) in [5, 5.41) is 4.14. The summed E-state index contributed by atoms with van der Waals surface area (Å²) >= 11 is 0. The van der Waals surface area contributed by atoms with Gasteiger partial charge >= 0.3 is 6.18 Å². The van der Waals surface area contributed by atoms with Gasteiger partial charge in [0.15, 0.2) is 0 Å². The van der Waals surface area contributed by atoms with Crippen LogP contribution in [-0.2, 0) is 12.7 Å². The number of hydrogen-bond acceptors (Lipinski definition) is 3. The maximum Gasteiger partial charge on any atom is 0.417 e. The fourth-order valence-electron chi connectivity index (χ4n) is 3.03. The van der Waals surface area contributed by atoms with E-state index < -0.39 is 29.5 Å². The number of pyridine rings is 2. The van der Waals surface area contributed by atoms with Crippen molar-refractivity contribution >= 4 is 11.0 Å². The molecule has 0 unspecified atom stereocenters. The molecular weight excluding hydrogens is 410 g/mol. The quantitative estimate of drug-likeness (QED) is 0.400. The summed E-state index contributed by atoms with van der Waals surface area (Å²) in [5.74, 6) is -1.01. The van der Waals surface area contributed by atoms with E-state index in [0.29, 0.717) is 22.2 Å². The Morgan fingerprint density at radius 1 is 0.933 bits per heavy atom. The van der Waals surface area contributed by atoms with Crippen molar-refractivity contribution in [3.05, 3.63) is 77.6 Å². The maximum atomic E-state index is 13.6. The second kappa shape index (κ2) is 7.43. The van der Waals surface area contributed by atoms with Crippen LogP contribution in [0.3, 0.4) is 0 Å². The molecule has 0 fully saturated rings. The second-order valence-corrected chi connectivity index (χ2v) is 6.55. The van der Waals surface area contributed by atoms with E-state index in [9.17, 15) is 26.3 Å². The number of halogens is 6. The first kappa shape index (κ1) is 19.9. The molecular formula is C20H12F6N4. The molecule has 10 heteroatoms. The van der Waals surface area contributed by atoms with Crippen LogP contribution in [0, 0.1) is 5.82 Å². The normalized spacial score (nSPS) is 12.1. The van der Waals surface area contributed by atoms with Crippen LogP contribution in [0.1, 0.15) is 23.1 Å². The molecule has 0 amide bonds. The van der Waals surface area contributed by atoms with Gasteiger partial charge in [0, 0.05) is 24.2 Å². The Kier molecular flexibility index (Phi) is 4.92. The summed E-state index contributed by atoms with van der Waals surface area (Å²) in [4.78, 5) is 7.84. The van der Waals surface area contributed by atoms with Crippen molar-refractivity contribution in [3.8, 4) is 11.1 Å². The molecule has 0 aliphatic carbocycles. The highest BCUT2D eigenvalue weighted by Crippen LogP contribution is 2.30. The van der Waals surface area contributed by atoms with Gasteiger partial charge in [-0.3, -0.25) is 14.6 Å². The molecule has 4 aromatic rings. The predicted octanol–water partition coefficient (Wildman–Crippen LogP) is 5.64. The number of rotatable bonds is 4. The topological polar surface area (TPSA) is 43.6 Å². The Bertz CT molecular complexity index is 1220. The third-order valence-corrected chi connectivity index (χ3v) is 4.51. The molecule has 0 saturated carbocycles. The lowest BCUT2D eigenvalue weighted by atomic mass is 10.0. The average molecular weight is 422 g/mol. The van der Waals surface area contributed by atoms with E-state index in [-0.39, 0.29) is 12.1 Å². The summed E-state index contributed by atoms with van der Waals surface area (Å²) in [5.41, 5.74) is 0.393. The van der Waals surface area contributed by atoms with E-state index in [0.717, 1.165) is 24.4 Å². The van der Waals surface area contributed by atoms with Gasteiger partial charge in [-0.15, -0.1) is 0 Å². The molecule has 0 aliphatic rings. The standard InChI is InChI=1S/C20H12F6N4/c21-16-2-1-12(4-15(16)19(22)23)13-5-18-17(28-7-13)9-29-30(18)10-11-3-14(8-27-6-11)20(24,25)26/h1-9,19H,10H2. The van der Waals surface area contributed by atoms with Crippen LogP contribution in [0.25, 0.3) is 22.2 Å². The molecule has 0 bridgehead atoms. The fourth-order valence-corrected chi connectivity index (χ4v) is 3.03. The van der Waals surface area contributed by atoms with Crippen molar-refractivity contribution in [2.24, 2.45) is 0 Å². The summed E-state index contributed by atoms with van der Waals surface area (Å²) < 4.78 is 79.7. The first-order valence-electron chi connectivity index (χ1n) is 8.63. The minimum absolute atomic E-state index is 0.00272. The highest BCUT2D eigenvalue weighted by Gasteiger charge is 2.31. The lowest BCUT2D eigenvalue weighted by molar-refractivity contribution is -0.137. The van der Waals surface area contributed by atoms with Crippen molar-refractivity contribution in [2.45, 2.75) is 19.1 Å². The average Bonchev–Trinajstić information content (AvgIpc) is 3.10. The van der Waals surface area contributed by atoms with E-state index in [4.69, 9.17) is 0 Å². The third kappa shape index (κ3) is 3.85. The summed E-state index contributed by atoms with van der Waals surface area (Å²) in [7, 11) is 0. The van der Waals surface area contributed by atoms with Crippen LogP contribution in [0.2, 0.25) is 0 Å². The van der Waals surface area contributed by atoms with Crippen LogP contribution >= 0.6 is 0 Å². The Hall–Kier alpha value is -3.43. The van der Waals surface area contributed by atoms with Gasteiger partial charge in [-0.1, -0.05) is 6.07 Å². The predicted molar refractivity (Wildman–Crippen MR) is 96.2 cm³/mol. The van der Waals surface area contributed by atoms with Crippen molar-refractivity contribution in [1.29, 1.82) is 0 Å². The van der Waals surface area contributed by atoms with Gasteiger partial charge in [-0.05, 0) is 35.4 Å². The SMILES string of the molecule is Fc1ccc(-c2cnc3cnn(Cc4cncc(C(F)(F)F)c4)c3c2)cc1C(F)F. The molecule has 30 heavy (non-hydrogen) atoms. The van der Waals surface area contributed by atoms with Crippen molar-refractivity contribution in [1.82, 2.24) is 19.7 Å². The highest BCUT2D eigenvalue weighted by molar-refractivity contribution is 5.80. The van der Waals surface area contributed by atoms with Crippen LogP contribution < -0.4 is 0 Å². The first-order valence-corrected chi connectivity index (χ1v) is 8.63. The highest BCUT2D eigenvalue weighted by atomic mass is 19.4. The van der Waals surface area contributed by atoms with Crippen molar-refractivity contribution in [3.63, 3.8) is 0 Å². The zero-order valence-corrected chi connectivity index (χ0v) is 15.0. The minimum atomic E-state index is -4.52. The van der Waals surface area contributed by atoms with Crippen LogP contribution in [-0.4, -0.2) is 19.7 Å². The fraction of sp³-hybridized carbons (Fsp3) is 0.150. The first-order chi connectivity index (χ1) is 14.2. The molecule has 0 spiro atoms. The molecule has 154 valence electrons. The van der Waals surface area contributed by atoms with Crippen LogP contribution in [0.5, 0.6) is 0 Å². The molecule has 0 atom stereocenters. The van der Waals surface area contributed by atoms with Gasteiger partial charge in [0.05, 0.1) is 29.4 Å². The molecule has 3 heterocycles. The van der Waals surface area contributed by atoms with Gasteiger partial charge in [-0.25, -0.2) is 13.2 Å². The summed E-state index contributed by atoms with van der Waals surface area (Å²) in [6.07, 6.45) is -2.58. The molecule has 0 radical (unpaired) electrons. The maximum absolute atomic E-state index is 13.6. The van der Waals surface area contributed by atoms with Crippen LogP contribution in [0.4, 0.5) is 26.3 Å². The van der Waals surface area contributed by atoms with E-state index >= 15 is 0 Å². The van der Waals surface area contributed by atoms with Crippen molar-refractivity contribution in [2.75, 3.05) is 0 Å². The number of hydrogen-bond donors (Lipinski definition) is 0. The molecule has 0 N–H and O–H groups in total. The monoisotopic (exact) mass is 422 g/mol. The lowest BCUT2D eigenvalue weighted by Crippen LogP contribution is -2.08. The van der Waals surface area contributed by atoms with Gasteiger partial charge in [-0.2, -0.15) is 18.3 Å². The van der Waals surface area contributed by atoms with E-state index in [1.807, 2.05) is 0 Å². The van der Waals surface area contributed by atoms with Crippen LogP contribution in [0.15, 0.2) is 55.1 Å². The van der Waals surface area contributed by atoms with Gasteiger partial charge < -0.3 is 0 Å². The van der Waals surface area contributed by atoms with Gasteiger partial charge in [0.2, 0.25) is 0 Å². The Morgan fingerprint density at radius 2 is 1.73 bits per heavy atom. The number of aromatic nitrogens is 4. The van der Waals surface area contributed by atoms with Gasteiger partial charge in [0.25, 0.3) is 6.43 Å². The molecule has 0 aliphatic heterocycles. The molecule has 4 nitrogen and oxygen atoms in total. The molecule has 1 aromatic carbocycles. The Morgan fingerprint density at radius 3 is 2.47 bits per heavy atom. The molecule has 0 saturated heterocycles. The third-order valence-electron chi connectivity index (χ3n) is 4.51. The minimum Gasteiger partial charge on any atom is -0.264 e. The molecule has 4 rings (SSSR count). The Labute approximate surface area is 165 Å². The number of nitrogens with zero attached hydrogens (tertiary/aromatic N) is 4.